The second kappa shape index (κ2) is 8.56. The van der Waals surface area contributed by atoms with Crippen molar-refractivity contribution in [2.75, 3.05) is 40.3 Å². The fourth-order valence-corrected chi connectivity index (χ4v) is 4.16. The van der Waals surface area contributed by atoms with Crippen molar-refractivity contribution < 1.29 is 4.79 Å². The van der Waals surface area contributed by atoms with Gasteiger partial charge in [0.15, 0.2) is 5.96 Å². The summed E-state index contributed by atoms with van der Waals surface area (Å²) >= 11 is 0. The topological polar surface area (TPSA) is 47.9 Å². The molecule has 2 aliphatic rings. The number of amides is 1. The number of likely N-dealkylation sites (N-methyl/N-ethyl adjacent to an activating group) is 1. The molecule has 5 nitrogen and oxygen atoms in total. The number of hydrogen-bond donors (Lipinski definition) is 1. The highest BCUT2D eigenvalue weighted by Gasteiger charge is 2.41. The van der Waals surface area contributed by atoms with E-state index in [9.17, 15) is 4.79 Å². The molecule has 1 N–H and O–H groups in total. The lowest BCUT2D eigenvalue weighted by molar-refractivity contribution is -0.127. The first-order valence-electron chi connectivity index (χ1n) is 9.85. The summed E-state index contributed by atoms with van der Waals surface area (Å²) in [5, 5.41) is 3.52. The minimum atomic E-state index is 0.0436. The molecule has 1 heterocycles. The molecule has 142 valence electrons. The SMILES string of the molecule is CN(C)C(=O)CN=C(NCCc1ccccc1)N1CCC2(CCCC2)C1. The highest BCUT2D eigenvalue weighted by Crippen LogP contribution is 2.45. The van der Waals surface area contributed by atoms with Gasteiger partial charge in [-0.3, -0.25) is 4.79 Å². The quantitative estimate of drug-likeness (QED) is 0.651. The molecule has 1 aliphatic heterocycles. The van der Waals surface area contributed by atoms with Gasteiger partial charge in [0, 0.05) is 33.7 Å². The van der Waals surface area contributed by atoms with E-state index in [1.165, 1.54) is 37.7 Å². The molecular weight excluding hydrogens is 324 g/mol. The molecular formula is C21H32N4O. The van der Waals surface area contributed by atoms with E-state index in [-0.39, 0.29) is 12.5 Å². The van der Waals surface area contributed by atoms with Crippen molar-refractivity contribution in [2.45, 2.75) is 38.5 Å². The zero-order valence-electron chi connectivity index (χ0n) is 16.2. The van der Waals surface area contributed by atoms with Gasteiger partial charge in [0.05, 0.1) is 0 Å². The van der Waals surface area contributed by atoms with Gasteiger partial charge in [-0.1, -0.05) is 43.2 Å². The van der Waals surface area contributed by atoms with E-state index >= 15 is 0 Å². The Labute approximate surface area is 157 Å². The lowest BCUT2D eigenvalue weighted by Crippen LogP contribution is -2.42. The molecule has 0 atom stereocenters. The van der Waals surface area contributed by atoms with E-state index in [1.807, 2.05) is 6.07 Å². The van der Waals surface area contributed by atoms with Crippen molar-refractivity contribution in [3.8, 4) is 0 Å². The number of guanidine groups is 1. The summed E-state index contributed by atoms with van der Waals surface area (Å²) in [5.74, 6) is 0.946. The minimum Gasteiger partial charge on any atom is -0.356 e. The van der Waals surface area contributed by atoms with E-state index in [2.05, 4.69) is 39.5 Å². The van der Waals surface area contributed by atoms with Crippen LogP contribution in [0.25, 0.3) is 0 Å². The van der Waals surface area contributed by atoms with Crippen LogP contribution in [0.4, 0.5) is 0 Å². The second-order valence-electron chi connectivity index (χ2n) is 7.97. The number of benzene rings is 1. The van der Waals surface area contributed by atoms with E-state index < -0.39 is 0 Å². The molecule has 1 aliphatic carbocycles. The van der Waals surface area contributed by atoms with Gasteiger partial charge in [0.2, 0.25) is 5.91 Å². The molecule has 0 unspecified atom stereocenters. The highest BCUT2D eigenvalue weighted by molar-refractivity contribution is 5.85. The standard InChI is InChI=1S/C21H32N4O/c1-24(2)19(26)16-23-20(22-14-10-18-8-4-3-5-9-18)25-15-13-21(17-25)11-6-7-12-21/h3-5,8-9H,6-7,10-17H2,1-2H3,(H,22,23). The lowest BCUT2D eigenvalue weighted by atomic mass is 9.86. The number of nitrogens with zero attached hydrogens (tertiary/aromatic N) is 3. The van der Waals surface area contributed by atoms with Gasteiger partial charge >= 0.3 is 0 Å². The Morgan fingerprint density at radius 3 is 2.62 bits per heavy atom. The van der Waals surface area contributed by atoms with Gasteiger partial charge in [0.1, 0.15) is 6.54 Å². The molecule has 0 bridgehead atoms. The van der Waals surface area contributed by atoms with Crippen LogP contribution >= 0.6 is 0 Å². The summed E-state index contributed by atoms with van der Waals surface area (Å²) in [4.78, 5) is 20.6. The lowest BCUT2D eigenvalue weighted by Gasteiger charge is -2.26. The van der Waals surface area contributed by atoms with Crippen molar-refractivity contribution in [2.24, 2.45) is 10.4 Å². The van der Waals surface area contributed by atoms with Crippen LogP contribution in [0.1, 0.15) is 37.7 Å². The van der Waals surface area contributed by atoms with Crippen LogP contribution in [0.3, 0.4) is 0 Å². The fraction of sp³-hybridized carbons (Fsp3) is 0.619. The molecule has 1 saturated carbocycles. The number of carbonyl (C=O) groups is 1. The first-order valence-corrected chi connectivity index (χ1v) is 9.85. The van der Waals surface area contributed by atoms with Gasteiger partial charge in [-0.2, -0.15) is 0 Å². The van der Waals surface area contributed by atoms with Crippen molar-refractivity contribution >= 4 is 11.9 Å². The zero-order valence-corrected chi connectivity index (χ0v) is 16.2. The Kier molecular flexibility index (Phi) is 6.17. The van der Waals surface area contributed by atoms with Crippen LogP contribution in [-0.4, -0.2) is 61.9 Å². The molecule has 1 saturated heterocycles. The average molecular weight is 357 g/mol. The smallest absolute Gasteiger partial charge is 0.243 e. The molecule has 1 amide bonds. The van der Waals surface area contributed by atoms with Gasteiger partial charge < -0.3 is 15.1 Å². The van der Waals surface area contributed by atoms with Crippen molar-refractivity contribution in [1.29, 1.82) is 0 Å². The Morgan fingerprint density at radius 2 is 1.92 bits per heavy atom. The van der Waals surface area contributed by atoms with Crippen LogP contribution in [0.15, 0.2) is 35.3 Å². The normalized spacial score (nSPS) is 19.2. The fourth-order valence-electron chi connectivity index (χ4n) is 4.16. The van der Waals surface area contributed by atoms with Crippen LogP contribution in [0.5, 0.6) is 0 Å². The Hall–Kier alpha value is -2.04. The summed E-state index contributed by atoms with van der Waals surface area (Å²) in [6, 6.07) is 10.5. The third-order valence-corrected chi connectivity index (χ3v) is 5.80. The molecule has 1 aromatic carbocycles. The van der Waals surface area contributed by atoms with Crippen LogP contribution < -0.4 is 5.32 Å². The maximum atomic E-state index is 12.0. The molecule has 26 heavy (non-hydrogen) atoms. The zero-order chi connectivity index (χ0) is 18.4. The summed E-state index contributed by atoms with van der Waals surface area (Å²) in [6.07, 6.45) is 7.63. The Bertz CT molecular complexity index is 620. The maximum absolute atomic E-state index is 12.0. The number of carbonyl (C=O) groups excluding carboxylic acids is 1. The first-order chi connectivity index (χ1) is 12.6. The number of rotatable bonds is 5. The number of nitrogens with one attached hydrogen (secondary N) is 1. The Morgan fingerprint density at radius 1 is 1.19 bits per heavy atom. The summed E-state index contributed by atoms with van der Waals surface area (Å²) < 4.78 is 0. The maximum Gasteiger partial charge on any atom is 0.243 e. The van der Waals surface area contributed by atoms with Crippen molar-refractivity contribution in [3.63, 3.8) is 0 Å². The number of aliphatic imine (C=N–C) groups is 1. The summed E-state index contributed by atoms with van der Waals surface area (Å²) in [7, 11) is 3.56. The highest BCUT2D eigenvalue weighted by atomic mass is 16.2. The first kappa shape index (κ1) is 18.7. The predicted molar refractivity (Wildman–Crippen MR) is 106 cm³/mol. The van der Waals surface area contributed by atoms with Crippen LogP contribution in [0.2, 0.25) is 0 Å². The molecule has 5 heteroatoms. The second-order valence-corrected chi connectivity index (χ2v) is 7.97. The molecule has 1 spiro atoms. The largest absolute Gasteiger partial charge is 0.356 e. The number of likely N-dealkylation sites (tertiary alicyclic amines) is 1. The van der Waals surface area contributed by atoms with Gasteiger partial charge in [-0.15, -0.1) is 0 Å². The van der Waals surface area contributed by atoms with E-state index in [1.54, 1.807) is 19.0 Å². The molecule has 3 rings (SSSR count). The third-order valence-electron chi connectivity index (χ3n) is 5.80. The third kappa shape index (κ3) is 4.77. The molecule has 0 radical (unpaired) electrons. The van der Waals surface area contributed by atoms with Crippen LogP contribution in [0, 0.1) is 5.41 Å². The minimum absolute atomic E-state index is 0.0436. The van der Waals surface area contributed by atoms with Gasteiger partial charge in [-0.25, -0.2) is 4.99 Å². The monoisotopic (exact) mass is 356 g/mol. The number of hydrogen-bond acceptors (Lipinski definition) is 2. The van der Waals surface area contributed by atoms with Gasteiger partial charge in [0.25, 0.3) is 0 Å². The van der Waals surface area contributed by atoms with Crippen molar-refractivity contribution in [3.05, 3.63) is 35.9 Å². The molecule has 2 fully saturated rings. The van der Waals surface area contributed by atoms with E-state index in [0.29, 0.717) is 5.41 Å². The Balaban J connectivity index is 1.61. The van der Waals surface area contributed by atoms with Crippen molar-refractivity contribution in [1.82, 2.24) is 15.1 Å². The molecule has 0 aromatic heterocycles. The summed E-state index contributed by atoms with van der Waals surface area (Å²) in [5.41, 5.74) is 1.81. The predicted octanol–water partition coefficient (Wildman–Crippen LogP) is 2.53. The average Bonchev–Trinajstić information content (AvgIpc) is 3.28. The van der Waals surface area contributed by atoms with Crippen LogP contribution in [-0.2, 0) is 11.2 Å². The van der Waals surface area contributed by atoms with Gasteiger partial charge in [-0.05, 0) is 36.7 Å². The van der Waals surface area contributed by atoms with E-state index in [0.717, 1.165) is 32.0 Å². The molecule has 1 aromatic rings. The van der Waals surface area contributed by atoms with E-state index in [4.69, 9.17) is 0 Å². The summed E-state index contributed by atoms with van der Waals surface area (Å²) in [6.45, 7) is 3.18.